The van der Waals surface area contributed by atoms with Gasteiger partial charge in [0, 0.05) is 0 Å². The van der Waals surface area contributed by atoms with Crippen LogP contribution in [0.2, 0.25) is 0 Å². The van der Waals surface area contributed by atoms with E-state index in [2.05, 4.69) is 33.8 Å². The first-order valence-corrected chi connectivity index (χ1v) is 3.15. The van der Waals surface area contributed by atoms with Crippen LogP contribution in [0.5, 0.6) is 0 Å². The standard InChI is InChI=1S/C5H10.Ti/c1-3-5-4-2;/h3-4H2,1-2H3;/q;+2. The Hall–Kier alpha value is 0.584. The molecule has 0 nitrogen and oxygen atoms in total. The fraction of sp³-hybridized carbons (Fsp3) is 0.800. The van der Waals surface area contributed by atoms with Crippen LogP contribution < -0.4 is 0 Å². The van der Waals surface area contributed by atoms with Crippen LogP contribution in [-0.4, -0.2) is 3.81 Å². The van der Waals surface area contributed by atoms with Gasteiger partial charge in [-0.15, -0.1) is 0 Å². The predicted molar refractivity (Wildman–Crippen MR) is 25.6 cm³/mol. The second-order valence-electron chi connectivity index (χ2n) is 1.31. The summed E-state index contributed by atoms with van der Waals surface area (Å²) in [6.07, 6.45) is 2.49. The van der Waals surface area contributed by atoms with Crippen molar-refractivity contribution in [2.45, 2.75) is 26.7 Å². The average Bonchev–Trinajstić information content (AvgIpc) is 1.65. The van der Waals surface area contributed by atoms with Gasteiger partial charge in [-0.05, 0) is 0 Å². The molecule has 0 aromatic heterocycles. The Bertz CT molecular complexity index is 41.9. The third-order valence-electron chi connectivity index (χ3n) is 0.854. The van der Waals surface area contributed by atoms with Crippen molar-refractivity contribution in [1.82, 2.24) is 0 Å². The normalized spacial score (nSPS) is 8.67. The summed E-state index contributed by atoms with van der Waals surface area (Å²) in [4.78, 5) is 0. The Morgan fingerprint density at radius 1 is 1.33 bits per heavy atom. The molecule has 0 aliphatic carbocycles. The first-order chi connectivity index (χ1) is 2.81. The van der Waals surface area contributed by atoms with E-state index in [-0.39, 0.29) is 0 Å². The molecule has 0 fully saturated rings. The first kappa shape index (κ1) is 6.58. The van der Waals surface area contributed by atoms with E-state index >= 15 is 0 Å². The molecule has 0 aliphatic heterocycles. The fourth-order valence-corrected chi connectivity index (χ4v) is 0.250. The molecule has 0 radical (unpaired) electrons. The molecule has 0 heterocycles. The van der Waals surface area contributed by atoms with Gasteiger partial charge in [-0.1, -0.05) is 0 Å². The molecule has 0 saturated heterocycles. The van der Waals surface area contributed by atoms with Gasteiger partial charge in [0.15, 0.2) is 0 Å². The third-order valence-corrected chi connectivity index (χ3v) is 1.96. The van der Waals surface area contributed by atoms with E-state index in [4.69, 9.17) is 0 Å². The quantitative estimate of drug-likeness (QED) is 0.482. The van der Waals surface area contributed by atoms with Crippen LogP contribution in [0, 0.1) is 0 Å². The second-order valence-corrected chi connectivity index (χ2v) is 2.41. The minimum absolute atomic E-state index is 1.25. The van der Waals surface area contributed by atoms with Crippen molar-refractivity contribution >= 4 is 3.81 Å². The first-order valence-electron chi connectivity index (χ1n) is 2.37. The van der Waals surface area contributed by atoms with Crippen molar-refractivity contribution < 1.29 is 20.0 Å². The van der Waals surface area contributed by atoms with Crippen LogP contribution in [0.25, 0.3) is 0 Å². The Balaban J connectivity index is 2.99. The van der Waals surface area contributed by atoms with Crippen LogP contribution in [0.4, 0.5) is 0 Å². The summed E-state index contributed by atoms with van der Waals surface area (Å²) in [6, 6.07) is 0. The van der Waals surface area contributed by atoms with Gasteiger partial charge >= 0.3 is 50.5 Å². The van der Waals surface area contributed by atoms with Gasteiger partial charge < -0.3 is 0 Å². The molecule has 1 heteroatoms. The molecule has 0 aromatic carbocycles. The van der Waals surface area contributed by atoms with Crippen LogP contribution in [0.15, 0.2) is 0 Å². The van der Waals surface area contributed by atoms with Crippen LogP contribution >= 0.6 is 0 Å². The molecule has 0 unspecified atom stereocenters. The van der Waals surface area contributed by atoms with E-state index in [1.54, 1.807) is 3.81 Å². The molecular weight excluding hydrogens is 108 g/mol. The minimum atomic E-state index is 1.25. The molecule has 6 heavy (non-hydrogen) atoms. The molecule has 0 bridgehead atoms. The fourth-order valence-electron chi connectivity index (χ4n) is 0.250. The molecule has 0 saturated carbocycles. The molecule has 0 atom stereocenters. The van der Waals surface area contributed by atoms with E-state index in [9.17, 15) is 0 Å². The summed E-state index contributed by atoms with van der Waals surface area (Å²) in [7, 11) is 0. The van der Waals surface area contributed by atoms with Gasteiger partial charge in [-0.2, -0.15) is 0 Å². The summed E-state index contributed by atoms with van der Waals surface area (Å²) in [5, 5.41) is 0. The van der Waals surface area contributed by atoms with E-state index in [1.165, 1.54) is 12.8 Å². The maximum atomic E-state index is 2.19. The molecule has 0 aromatic rings. The second kappa shape index (κ2) is 3.76. The van der Waals surface area contributed by atoms with Gasteiger partial charge in [-0.3, -0.25) is 0 Å². The molecule has 0 aliphatic rings. The van der Waals surface area contributed by atoms with Crippen LogP contribution in [0.3, 0.4) is 0 Å². The molecule has 0 rings (SSSR count). The Labute approximate surface area is 50.8 Å². The summed E-state index contributed by atoms with van der Waals surface area (Å²) in [5.74, 6) is 0. The monoisotopic (exact) mass is 118 g/mol. The topological polar surface area (TPSA) is 0 Å². The van der Waals surface area contributed by atoms with Crippen molar-refractivity contribution in [2.24, 2.45) is 0 Å². The van der Waals surface area contributed by atoms with Crippen molar-refractivity contribution in [2.75, 3.05) is 0 Å². The summed E-state index contributed by atoms with van der Waals surface area (Å²) < 4.78 is 1.59. The Morgan fingerprint density at radius 3 is 1.67 bits per heavy atom. The van der Waals surface area contributed by atoms with E-state index < -0.39 is 0 Å². The van der Waals surface area contributed by atoms with Gasteiger partial charge in [0.1, 0.15) is 0 Å². The Kier molecular flexibility index (Phi) is 4.13. The summed E-state index contributed by atoms with van der Waals surface area (Å²) >= 11 is 2.19. The van der Waals surface area contributed by atoms with Gasteiger partial charge in [0.2, 0.25) is 0 Å². The van der Waals surface area contributed by atoms with Crippen molar-refractivity contribution in [3.63, 3.8) is 0 Å². The predicted octanol–water partition coefficient (Wildman–Crippen LogP) is 1.53. The number of hydrogen-bond donors (Lipinski definition) is 0. The van der Waals surface area contributed by atoms with Crippen molar-refractivity contribution in [1.29, 1.82) is 0 Å². The average molecular weight is 118 g/mol. The number of rotatable bonds is 2. The zero-order chi connectivity index (χ0) is 4.99. The van der Waals surface area contributed by atoms with E-state index in [0.29, 0.717) is 0 Å². The maximum absolute atomic E-state index is 2.19. The number of hydrogen-bond acceptors (Lipinski definition) is 0. The molecule has 0 N–H and O–H groups in total. The zero-order valence-electron chi connectivity index (χ0n) is 4.41. The summed E-state index contributed by atoms with van der Waals surface area (Å²) in [6.45, 7) is 4.39. The van der Waals surface area contributed by atoms with Gasteiger partial charge in [-0.25, -0.2) is 0 Å². The van der Waals surface area contributed by atoms with Crippen LogP contribution in [-0.2, 0) is 20.0 Å². The third kappa shape index (κ3) is 2.80. The zero-order valence-corrected chi connectivity index (χ0v) is 5.98. The van der Waals surface area contributed by atoms with Crippen molar-refractivity contribution in [3.05, 3.63) is 0 Å². The van der Waals surface area contributed by atoms with Gasteiger partial charge in [0.25, 0.3) is 0 Å². The molecule has 0 amide bonds. The van der Waals surface area contributed by atoms with Gasteiger partial charge in [0.05, 0.1) is 0 Å². The molecular formula is C5H10Ti+2. The van der Waals surface area contributed by atoms with E-state index in [1.807, 2.05) is 0 Å². The molecule has 32 valence electrons. The Morgan fingerprint density at radius 2 is 1.67 bits per heavy atom. The molecule has 0 spiro atoms. The van der Waals surface area contributed by atoms with Crippen LogP contribution in [0.1, 0.15) is 26.7 Å². The SMILES string of the molecule is CC[C](=[Ti+2])CC. The summed E-state index contributed by atoms with van der Waals surface area (Å²) in [5.41, 5.74) is 0. The van der Waals surface area contributed by atoms with Crippen molar-refractivity contribution in [3.8, 4) is 0 Å². The van der Waals surface area contributed by atoms with E-state index in [0.717, 1.165) is 0 Å².